The van der Waals surface area contributed by atoms with Gasteiger partial charge in [-0.05, 0) is 46.5 Å². The summed E-state index contributed by atoms with van der Waals surface area (Å²) >= 11 is 0. The molecule has 366 valence electrons. The van der Waals surface area contributed by atoms with E-state index in [-0.39, 0.29) is 0 Å². The minimum absolute atomic E-state index is 0.425. The van der Waals surface area contributed by atoms with E-state index in [1.165, 1.54) is 22.3 Å². The number of nitrogens with zero attached hydrogens (tertiary/aromatic N) is 2. The summed E-state index contributed by atoms with van der Waals surface area (Å²) in [7, 11) is -12.0. The van der Waals surface area contributed by atoms with Crippen LogP contribution in [0, 0.1) is 0 Å². The van der Waals surface area contributed by atoms with E-state index >= 15 is 0 Å². The molecule has 10 nitrogen and oxygen atoms in total. The molecule has 0 spiro atoms. The van der Waals surface area contributed by atoms with Crippen molar-refractivity contribution in [2.24, 2.45) is 0 Å². The van der Waals surface area contributed by atoms with Gasteiger partial charge in [-0.3, -0.25) is 0 Å². The second-order valence-electron chi connectivity index (χ2n) is 14.1. The number of aromatic nitrogens is 2. The van der Waals surface area contributed by atoms with Crippen LogP contribution >= 0.6 is 0 Å². The molecule has 2 aromatic heterocycles. The van der Waals surface area contributed by atoms with Gasteiger partial charge in [-0.1, -0.05) is 84.9 Å². The summed E-state index contributed by atoms with van der Waals surface area (Å²) in [4.78, 5) is 0. The Hall–Kier alpha value is -6.21. The molecular formula is C48H54B2F8N2O8. The van der Waals surface area contributed by atoms with Gasteiger partial charge in [0.15, 0.2) is 47.8 Å². The molecule has 1 aliphatic rings. The van der Waals surface area contributed by atoms with Crippen LogP contribution in [-0.2, 0) is 32.0 Å². The molecule has 6 aromatic rings. The molecule has 0 amide bonds. The van der Waals surface area contributed by atoms with Crippen molar-refractivity contribution in [2.45, 2.75) is 13.1 Å². The number of ether oxygens (including phenoxy) is 8. The summed E-state index contributed by atoms with van der Waals surface area (Å²) in [5, 5.41) is 0. The largest absolute Gasteiger partial charge is 0.673 e. The standard InChI is InChI=1S/C24H22N2.C24H32O8.2BF4/c1-3-7-21(8-4-1)23-11-15-25(16-12-23)19-20-26-17-13-24(14-18-26)22-9-5-2-6-10-22;1-2-6-22-21(5-1)29-17-13-25-9-10-27-15-19-31-23-7-3-4-8-24(23)32-20-16-28-12-11-26-14-18-30-22;2*2-1(3,4)5/h1-18H,19-20H2;1-8H,9-20H2;;/q+2;;2*-1. The third-order valence-corrected chi connectivity index (χ3v) is 9.00. The molecule has 4 aromatic carbocycles. The van der Waals surface area contributed by atoms with Crippen molar-refractivity contribution in [3.05, 3.63) is 158 Å². The number of fused-ring (bicyclic) bond motifs is 2. The number of hydrogen-bond donors (Lipinski definition) is 0. The number of halogens is 8. The van der Waals surface area contributed by atoms with Gasteiger partial charge in [-0.25, -0.2) is 0 Å². The lowest BCUT2D eigenvalue weighted by Gasteiger charge is -2.14. The predicted molar refractivity (Wildman–Crippen MR) is 243 cm³/mol. The fourth-order valence-corrected chi connectivity index (χ4v) is 5.95. The summed E-state index contributed by atoms with van der Waals surface area (Å²) in [6.45, 7) is 7.38. The van der Waals surface area contributed by atoms with Crippen molar-refractivity contribution in [2.75, 3.05) is 79.3 Å². The van der Waals surface area contributed by atoms with Gasteiger partial charge in [-0.15, -0.1) is 0 Å². The molecule has 1 aliphatic heterocycles. The highest BCUT2D eigenvalue weighted by atomic mass is 19.5. The molecular weight excluding hydrogens is 906 g/mol. The summed E-state index contributed by atoms with van der Waals surface area (Å²) in [6.07, 6.45) is 8.62. The molecule has 0 bridgehead atoms. The molecule has 0 saturated carbocycles. The van der Waals surface area contributed by atoms with Gasteiger partial charge in [0.1, 0.15) is 26.4 Å². The molecule has 0 aliphatic carbocycles. The van der Waals surface area contributed by atoms with E-state index in [1.807, 2.05) is 60.7 Å². The van der Waals surface area contributed by atoms with Crippen molar-refractivity contribution < 1.29 is 81.6 Å². The van der Waals surface area contributed by atoms with Crippen molar-refractivity contribution >= 4 is 14.5 Å². The molecule has 0 radical (unpaired) electrons. The first-order valence-electron chi connectivity index (χ1n) is 21.7. The lowest BCUT2D eigenvalue weighted by molar-refractivity contribution is -0.778. The number of rotatable bonds is 5. The molecule has 0 fully saturated rings. The van der Waals surface area contributed by atoms with Crippen molar-refractivity contribution in [1.29, 1.82) is 0 Å². The van der Waals surface area contributed by atoms with Gasteiger partial charge in [0, 0.05) is 24.3 Å². The summed E-state index contributed by atoms with van der Waals surface area (Å²) in [5.41, 5.74) is 5.01. The Balaban J connectivity index is 0.000000250. The lowest BCUT2D eigenvalue weighted by Crippen LogP contribution is -2.43. The van der Waals surface area contributed by atoms with Gasteiger partial charge < -0.3 is 72.4 Å². The Labute approximate surface area is 391 Å². The molecule has 20 heteroatoms. The Morgan fingerprint density at radius 1 is 0.294 bits per heavy atom. The van der Waals surface area contributed by atoms with Gasteiger partial charge in [-0.2, -0.15) is 9.13 Å². The maximum absolute atomic E-state index is 9.75. The molecule has 0 saturated heterocycles. The molecule has 0 unspecified atom stereocenters. The van der Waals surface area contributed by atoms with E-state index in [4.69, 9.17) is 37.9 Å². The SMILES string of the molecule is F[B-](F)(F)F.F[B-](F)(F)F.c1ccc(-c2cc[n+](CC[n+]3ccc(-c4ccccc4)cc3)cc2)cc1.c1ccc2c(c1)OCCOCCOCCOc1ccccc1OCCOCCOCCO2. The maximum Gasteiger partial charge on any atom is 0.673 e. The fraction of sp³-hybridized carbons (Fsp3) is 0.292. The minimum Gasteiger partial charge on any atom is -0.487 e. The third kappa shape index (κ3) is 25.1. The highest BCUT2D eigenvalue weighted by Crippen LogP contribution is 2.27. The van der Waals surface area contributed by atoms with E-state index in [0.717, 1.165) is 13.1 Å². The maximum atomic E-state index is 9.75. The van der Waals surface area contributed by atoms with Crippen LogP contribution in [0.4, 0.5) is 34.5 Å². The Bertz CT molecular complexity index is 2000. The number of pyridine rings is 2. The van der Waals surface area contributed by atoms with Gasteiger partial charge in [0.25, 0.3) is 0 Å². The number of para-hydroxylation sites is 4. The molecule has 0 N–H and O–H groups in total. The van der Waals surface area contributed by atoms with Crippen LogP contribution in [0.2, 0.25) is 0 Å². The summed E-state index contributed by atoms with van der Waals surface area (Å²) < 4.78 is 128. The van der Waals surface area contributed by atoms with E-state index in [0.29, 0.717) is 102 Å². The van der Waals surface area contributed by atoms with Gasteiger partial charge in [0.05, 0.1) is 52.9 Å². The average Bonchev–Trinajstić information content (AvgIpc) is 3.32. The zero-order chi connectivity index (χ0) is 48.7. The highest BCUT2D eigenvalue weighted by molar-refractivity contribution is 6.50. The Morgan fingerprint density at radius 3 is 0.750 bits per heavy atom. The van der Waals surface area contributed by atoms with Crippen LogP contribution < -0.4 is 28.1 Å². The summed E-state index contributed by atoms with van der Waals surface area (Å²) in [5.74, 6) is 2.73. The fourth-order valence-electron chi connectivity index (χ4n) is 5.95. The topological polar surface area (TPSA) is 81.6 Å². The first-order chi connectivity index (χ1) is 32.8. The molecule has 68 heavy (non-hydrogen) atoms. The first-order valence-corrected chi connectivity index (χ1v) is 21.7. The average molecular weight is 961 g/mol. The number of benzene rings is 4. The van der Waals surface area contributed by atoms with Crippen LogP contribution in [0.3, 0.4) is 0 Å². The Morgan fingerprint density at radius 2 is 0.500 bits per heavy atom. The molecule has 3 heterocycles. The molecule has 7 rings (SSSR count). The lowest BCUT2D eigenvalue weighted by atomic mass is 10.1. The first kappa shape index (κ1) is 54.4. The zero-order valence-electron chi connectivity index (χ0n) is 37.2. The van der Waals surface area contributed by atoms with E-state index in [2.05, 4.69) is 107 Å². The predicted octanol–water partition coefficient (Wildman–Crippen LogP) is 9.88. The Kier molecular flexibility index (Phi) is 24.8. The normalized spacial score (nSPS) is 14.4. The monoisotopic (exact) mass is 960 g/mol. The van der Waals surface area contributed by atoms with Crippen molar-refractivity contribution in [1.82, 2.24) is 0 Å². The second kappa shape index (κ2) is 31.0. The van der Waals surface area contributed by atoms with Crippen molar-refractivity contribution in [3.63, 3.8) is 0 Å². The van der Waals surface area contributed by atoms with Crippen LogP contribution in [0.5, 0.6) is 23.0 Å². The van der Waals surface area contributed by atoms with Gasteiger partial charge >= 0.3 is 14.5 Å². The quantitative estimate of drug-likeness (QED) is 0.0961. The number of hydrogen-bond acceptors (Lipinski definition) is 8. The number of aryl methyl sites for hydroxylation is 2. The zero-order valence-corrected chi connectivity index (χ0v) is 37.2. The summed E-state index contributed by atoms with van der Waals surface area (Å²) in [6, 6.07) is 44.8. The van der Waals surface area contributed by atoms with Crippen LogP contribution in [-0.4, -0.2) is 93.8 Å². The highest BCUT2D eigenvalue weighted by Gasteiger charge is 2.21. The molecule has 0 atom stereocenters. The van der Waals surface area contributed by atoms with Crippen molar-refractivity contribution in [3.8, 4) is 45.3 Å². The van der Waals surface area contributed by atoms with Crippen LogP contribution in [0.25, 0.3) is 22.3 Å². The van der Waals surface area contributed by atoms with Crippen LogP contribution in [0.1, 0.15) is 0 Å². The van der Waals surface area contributed by atoms with E-state index in [9.17, 15) is 34.5 Å². The van der Waals surface area contributed by atoms with E-state index < -0.39 is 14.5 Å². The smallest absolute Gasteiger partial charge is 0.487 e. The van der Waals surface area contributed by atoms with E-state index in [1.54, 1.807) is 0 Å². The van der Waals surface area contributed by atoms with Crippen LogP contribution in [0.15, 0.2) is 158 Å². The third-order valence-electron chi connectivity index (χ3n) is 9.00. The minimum atomic E-state index is -6.00. The second-order valence-corrected chi connectivity index (χ2v) is 14.1. The van der Waals surface area contributed by atoms with Gasteiger partial charge in [0.2, 0.25) is 13.1 Å².